The summed E-state index contributed by atoms with van der Waals surface area (Å²) < 4.78 is 2.14. The maximum atomic E-state index is 13.1. The number of nitriles is 1. The molecule has 1 fully saturated rings. The highest BCUT2D eigenvalue weighted by Crippen LogP contribution is 2.20. The summed E-state index contributed by atoms with van der Waals surface area (Å²) in [5.74, 6) is 0.0979. The second-order valence-electron chi connectivity index (χ2n) is 8.13. The van der Waals surface area contributed by atoms with Crippen LogP contribution in [0.4, 0.5) is 0 Å². The third kappa shape index (κ3) is 4.01. The van der Waals surface area contributed by atoms with Crippen LogP contribution in [-0.2, 0) is 13.1 Å². The average molecular weight is 425 g/mol. The predicted octanol–water partition coefficient (Wildman–Crippen LogP) is 3.24. The number of fused-ring (bicyclic) bond motifs is 1. The Kier molecular flexibility index (Phi) is 5.44. The number of nitrogens with zero attached hydrogens (tertiary/aromatic N) is 5. The van der Waals surface area contributed by atoms with Gasteiger partial charge in [0, 0.05) is 68.1 Å². The number of piperazine rings is 1. The smallest absolute Gasteiger partial charge is 0.254 e. The Hall–Kier alpha value is -3.89. The van der Waals surface area contributed by atoms with Crippen molar-refractivity contribution in [1.29, 1.82) is 5.26 Å². The topological polar surface area (TPSA) is 80.9 Å². The molecule has 3 heterocycles. The second-order valence-corrected chi connectivity index (χ2v) is 8.13. The minimum absolute atomic E-state index is 0.0979. The first-order chi connectivity index (χ1) is 15.7. The van der Waals surface area contributed by atoms with Gasteiger partial charge in [0.2, 0.25) is 0 Å². The Bertz CT molecular complexity index is 1270. The normalized spacial score (nSPS) is 14.5. The van der Waals surface area contributed by atoms with Crippen molar-refractivity contribution in [1.82, 2.24) is 24.3 Å². The molecule has 0 radical (unpaired) electrons. The largest absolute Gasteiger partial charge is 0.361 e. The maximum Gasteiger partial charge on any atom is 0.254 e. The zero-order valence-electron chi connectivity index (χ0n) is 17.7. The van der Waals surface area contributed by atoms with E-state index in [4.69, 9.17) is 5.26 Å². The van der Waals surface area contributed by atoms with Crippen LogP contribution in [0.2, 0.25) is 0 Å². The minimum Gasteiger partial charge on any atom is -0.361 e. The van der Waals surface area contributed by atoms with Crippen molar-refractivity contribution in [3.8, 4) is 6.07 Å². The number of carbonyl (C=O) groups is 1. The number of H-pyrrole nitrogens is 1. The third-order valence-electron chi connectivity index (χ3n) is 6.10. The molecule has 1 aliphatic heterocycles. The molecule has 0 saturated carbocycles. The van der Waals surface area contributed by atoms with Gasteiger partial charge in [0.05, 0.1) is 23.7 Å². The van der Waals surface area contributed by atoms with E-state index in [9.17, 15) is 4.79 Å². The first-order valence-electron chi connectivity index (χ1n) is 10.8. The van der Waals surface area contributed by atoms with Gasteiger partial charge in [-0.2, -0.15) is 5.26 Å². The fourth-order valence-electron chi connectivity index (χ4n) is 4.28. The molecule has 4 aromatic rings. The average Bonchev–Trinajstić information content (AvgIpc) is 3.49. The molecule has 1 N–H and O–H groups in total. The van der Waals surface area contributed by atoms with Crippen molar-refractivity contribution in [2.45, 2.75) is 13.1 Å². The number of amides is 1. The van der Waals surface area contributed by atoms with Crippen LogP contribution in [0.25, 0.3) is 10.9 Å². The Morgan fingerprint density at radius 3 is 2.62 bits per heavy atom. The van der Waals surface area contributed by atoms with Gasteiger partial charge in [-0.15, -0.1) is 0 Å². The zero-order chi connectivity index (χ0) is 21.9. The molecular formula is C25H24N6O. The van der Waals surface area contributed by atoms with Gasteiger partial charge < -0.3 is 14.5 Å². The second kappa shape index (κ2) is 8.69. The summed E-state index contributed by atoms with van der Waals surface area (Å²) in [6, 6.07) is 17.6. The van der Waals surface area contributed by atoms with Crippen LogP contribution in [0.15, 0.2) is 67.3 Å². The monoisotopic (exact) mass is 424 g/mol. The molecule has 2 aromatic heterocycles. The van der Waals surface area contributed by atoms with Gasteiger partial charge >= 0.3 is 0 Å². The summed E-state index contributed by atoms with van der Waals surface area (Å²) in [5, 5.41) is 9.95. The lowest BCUT2D eigenvalue weighted by molar-refractivity contribution is 0.0627. The van der Waals surface area contributed by atoms with Gasteiger partial charge in [0.1, 0.15) is 0 Å². The van der Waals surface area contributed by atoms with Crippen LogP contribution in [0, 0.1) is 11.3 Å². The van der Waals surface area contributed by atoms with Crippen LogP contribution in [0.5, 0.6) is 0 Å². The molecule has 7 nitrogen and oxygen atoms in total. The molecule has 0 bridgehead atoms. The summed E-state index contributed by atoms with van der Waals surface area (Å²) in [4.78, 5) is 24.9. The van der Waals surface area contributed by atoms with E-state index >= 15 is 0 Å². The molecule has 160 valence electrons. The number of nitrogens with one attached hydrogen (secondary N) is 1. The van der Waals surface area contributed by atoms with Crippen LogP contribution in [-0.4, -0.2) is 56.4 Å². The predicted molar refractivity (Wildman–Crippen MR) is 122 cm³/mol. The molecule has 1 aliphatic rings. The molecule has 7 heteroatoms. The van der Waals surface area contributed by atoms with Gasteiger partial charge in [-0.1, -0.05) is 18.2 Å². The number of carbonyl (C=O) groups excluding carboxylic acids is 1. The molecular weight excluding hydrogens is 400 g/mol. The molecule has 0 unspecified atom stereocenters. The van der Waals surface area contributed by atoms with E-state index in [0.29, 0.717) is 18.7 Å². The van der Waals surface area contributed by atoms with Gasteiger partial charge in [0.25, 0.3) is 5.91 Å². The van der Waals surface area contributed by atoms with E-state index in [1.54, 1.807) is 0 Å². The fraction of sp³-hybridized carbons (Fsp3) is 0.240. The number of aromatic amines is 1. The summed E-state index contributed by atoms with van der Waals surface area (Å²) in [6.07, 6.45) is 5.64. The van der Waals surface area contributed by atoms with E-state index in [-0.39, 0.29) is 5.91 Å². The highest BCUT2D eigenvalue weighted by molar-refractivity contribution is 6.06. The van der Waals surface area contributed by atoms with Crippen molar-refractivity contribution >= 4 is 16.8 Å². The number of imidazole rings is 1. The highest BCUT2D eigenvalue weighted by Gasteiger charge is 2.24. The molecule has 2 aromatic carbocycles. The molecule has 5 rings (SSSR count). The van der Waals surface area contributed by atoms with Crippen molar-refractivity contribution < 1.29 is 4.79 Å². The molecule has 0 atom stereocenters. The Morgan fingerprint density at radius 2 is 1.84 bits per heavy atom. The Labute approximate surface area is 186 Å². The zero-order valence-corrected chi connectivity index (χ0v) is 17.7. The molecule has 32 heavy (non-hydrogen) atoms. The number of benzene rings is 2. The van der Waals surface area contributed by atoms with Gasteiger partial charge in [0.15, 0.2) is 0 Å². The third-order valence-corrected chi connectivity index (χ3v) is 6.10. The summed E-state index contributed by atoms with van der Waals surface area (Å²) in [7, 11) is 0. The maximum absolute atomic E-state index is 13.1. The van der Waals surface area contributed by atoms with E-state index in [0.717, 1.165) is 53.9 Å². The highest BCUT2D eigenvalue weighted by atomic mass is 16.2. The molecule has 0 spiro atoms. The van der Waals surface area contributed by atoms with Gasteiger partial charge in [-0.25, -0.2) is 4.98 Å². The standard InChI is InChI=1S/C25H24N6O/c26-14-19-4-6-20(7-5-19)16-31-18-27-15-21(31)17-29-10-12-30(13-11-29)25(32)23-2-1-3-24-22(23)8-9-28-24/h1-9,15,18,28H,10-13,16-17H2. The van der Waals surface area contributed by atoms with Crippen molar-refractivity contribution in [2.24, 2.45) is 0 Å². The quantitative estimate of drug-likeness (QED) is 0.533. The van der Waals surface area contributed by atoms with Gasteiger partial charge in [-0.05, 0) is 35.9 Å². The van der Waals surface area contributed by atoms with Crippen molar-refractivity contribution in [3.63, 3.8) is 0 Å². The van der Waals surface area contributed by atoms with Crippen LogP contribution in [0.3, 0.4) is 0 Å². The lowest BCUT2D eigenvalue weighted by Gasteiger charge is -2.35. The summed E-state index contributed by atoms with van der Waals surface area (Å²) >= 11 is 0. The molecule has 1 saturated heterocycles. The Morgan fingerprint density at radius 1 is 1.03 bits per heavy atom. The SMILES string of the molecule is N#Cc1ccc(Cn2cncc2CN2CCN(C(=O)c3cccc4[nH]ccc34)CC2)cc1. The van der Waals surface area contributed by atoms with E-state index in [2.05, 4.69) is 25.5 Å². The van der Waals surface area contributed by atoms with Gasteiger partial charge in [-0.3, -0.25) is 9.69 Å². The van der Waals surface area contributed by atoms with E-state index < -0.39 is 0 Å². The summed E-state index contributed by atoms with van der Waals surface area (Å²) in [6.45, 7) is 4.60. The van der Waals surface area contributed by atoms with Crippen LogP contribution in [0.1, 0.15) is 27.2 Å². The fourth-order valence-corrected chi connectivity index (χ4v) is 4.28. The summed E-state index contributed by atoms with van der Waals surface area (Å²) in [5.41, 5.74) is 4.70. The minimum atomic E-state index is 0.0979. The molecule has 0 aliphatic carbocycles. The van der Waals surface area contributed by atoms with Crippen LogP contribution < -0.4 is 0 Å². The number of hydrogen-bond acceptors (Lipinski definition) is 4. The van der Waals surface area contributed by atoms with Crippen LogP contribution >= 0.6 is 0 Å². The lowest BCUT2D eigenvalue weighted by Crippen LogP contribution is -2.48. The first kappa shape index (κ1) is 20.0. The van der Waals surface area contributed by atoms with E-state index in [1.807, 2.05) is 72.2 Å². The van der Waals surface area contributed by atoms with E-state index in [1.165, 1.54) is 0 Å². The first-order valence-corrected chi connectivity index (χ1v) is 10.8. The molecule has 1 amide bonds. The Balaban J connectivity index is 1.20. The lowest BCUT2D eigenvalue weighted by atomic mass is 10.1. The number of rotatable bonds is 5. The van der Waals surface area contributed by atoms with Crippen molar-refractivity contribution in [2.75, 3.05) is 26.2 Å². The number of hydrogen-bond donors (Lipinski definition) is 1. The number of aromatic nitrogens is 3. The van der Waals surface area contributed by atoms with Crippen molar-refractivity contribution in [3.05, 3.63) is 89.6 Å².